The first-order valence-corrected chi connectivity index (χ1v) is 8.22. The van der Waals surface area contributed by atoms with Crippen LogP contribution < -0.4 is 5.32 Å². The minimum Gasteiger partial charge on any atom is -0.315 e. The Hall–Kier alpha value is -0.0800. The number of likely N-dealkylation sites (tertiary alicyclic amines) is 1. The Balaban J connectivity index is 2.05. The van der Waals surface area contributed by atoms with Crippen LogP contribution in [0.25, 0.3) is 0 Å². The van der Waals surface area contributed by atoms with Gasteiger partial charge in [0.15, 0.2) is 0 Å². The van der Waals surface area contributed by atoms with Gasteiger partial charge in [-0.1, -0.05) is 26.7 Å². The first-order valence-electron chi connectivity index (χ1n) is 8.22. The lowest BCUT2D eigenvalue weighted by Gasteiger charge is -2.20. The van der Waals surface area contributed by atoms with Crippen LogP contribution in [-0.2, 0) is 0 Å². The summed E-state index contributed by atoms with van der Waals surface area (Å²) in [6.45, 7) is 12.0. The third-order valence-corrected chi connectivity index (χ3v) is 4.43. The van der Waals surface area contributed by atoms with Crippen molar-refractivity contribution in [2.24, 2.45) is 5.92 Å². The van der Waals surface area contributed by atoms with Gasteiger partial charge in [-0.15, -0.1) is 0 Å². The van der Waals surface area contributed by atoms with E-state index in [1.165, 1.54) is 64.6 Å². The first kappa shape index (κ1) is 16.0. The minimum absolute atomic E-state index is 0.698. The molecule has 0 bridgehead atoms. The van der Waals surface area contributed by atoms with Gasteiger partial charge < -0.3 is 10.2 Å². The lowest BCUT2D eigenvalue weighted by atomic mass is 9.98. The molecule has 0 aromatic carbocycles. The summed E-state index contributed by atoms with van der Waals surface area (Å²) in [6.07, 6.45) is 9.79. The van der Waals surface area contributed by atoms with E-state index < -0.39 is 0 Å². The van der Waals surface area contributed by atoms with E-state index in [1.807, 2.05) is 0 Å². The van der Waals surface area contributed by atoms with E-state index >= 15 is 0 Å². The highest BCUT2D eigenvalue weighted by Gasteiger charge is 2.15. The first-order chi connectivity index (χ1) is 8.76. The van der Waals surface area contributed by atoms with Gasteiger partial charge in [-0.3, -0.25) is 0 Å². The van der Waals surface area contributed by atoms with Crippen LogP contribution in [-0.4, -0.2) is 37.1 Å². The zero-order valence-corrected chi connectivity index (χ0v) is 12.9. The standard InChI is InChI=1S/C16H34N2/c1-4-16-10-8-13-18(14-11-16)12-7-6-9-15(3)17-5-2/h15-17H,4-14H2,1-3H3. The number of hydrogen-bond acceptors (Lipinski definition) is 2. The normalized spacial score (nSPS) is 23.8. The van der Waals surface area contributed by atoms with Crippen LogP contribution >= 0.6 is 0 Å². The molecule has 108 valence electrons. The fraction of sp³-hybridized carbons (Fsp3) is 1.00. The average Bonchev–Trinajstić information content (AvgIpc) is 2.60. The molecule has 0 amide bonds. The Bertz CT molecular complexity index is 194. The van der Waals surface area contributed by atoms with E-state index in [0.29, 0.717) is 6.04 Å². The summed E-state index contributed by atoms with van der Waals surface area (Å²) in [7, 11) is 0. The zero-order chi connectivity index (χ0) is 13.2. The third kappa shape index (κ3) is 6.75. The molecule has 1 fully saturated rings. The maximum absolute atomic E-state index is 3.49. The molecule has 0 radical (unpaired) electrons. The van der Waals surface area contributed by atoms with Crippen LogP contribution in [0, 0.1) is 5.92 Å². The summed E-state index contributed by atoms with van der Waals surface area (Å²) in [5, 5.41) is 3.49. The highest BCUT2D eigenvalue weighted by molar-refractivity contribution is 4.69. The van der Waals surface area contributed by atoms with Gasteiger partial charge in [-0.25, -0.2) is 0 Å². The second-order valence-corrected chi connectivity index (χ2v) is 6.00. The maximum Gasteiger partial charge on any atom is 0.00386 e. The second kappa shape index (κ2) is 9.80. The smallest absolute Gasteiger partial charge is 0.00386 e. The van der Waals surface area contributed by atoms with Gasteiger partial charge in [0.05, 0.1) is 0 Å². The van der Waals surface area contributed by atoms with Crippen molar-refractivity contribution in [2.75, 3.05) is 26.2 Å². The van der Waals surface area contributed by atoms with Crippen molar-refractivity contribution in [1.29, 1.82) is 0 Å². The fourth-order valence-electron chi connectivity index (χ4n) is 3.09. The summed E-state index contributed by atoms with van der Waals surface area (Å²) < 4.78 is 0. The molecule has 0 aromatic rings. The van der Waals surface area contributed by atoms with Crippen molar-refractivity contribution < 1.29 is 0 Å². The summed E-state index contributed by atoms with van der Waals surface area (Å²) in [6, 6.07) is 0.698. The second-order valence-electron chi connectivity index (χ2n) is 6.00. The van der Waals surface area contributed by atoms with Gasteiger partial charge in [0.25, 0.3) is 0 Å². The predicted octanol–water partition coefficient (Wildman–Crippen LogP) is 3.67. The van der Waals surface area contributed by atoms with E-state index in [2.05, 4.69) is 31.0 Å². The molecule has 1 heterocycles. The fourth-order valence-corrected chi connectivity index (χ4v) is 3.09. The molecule has 1 aliphatic rings. The molecule has 1 rings (SSSR count). The third-order valence-electron chi connectivity index (χ3n) is 4.43. The molecular formula is C16H34N2. The maximum atomic E-state index is 3.49. The van der Waals surface area contributed by atoms with Crippen molar-refractivity contribution in [1.82, 2.24) is 10.2 Å². The van der Waals surface area contributed by atoms with E-state index in [-0.39, 0.29) is 0 Å². The largest absolute Gasteiger partial charge is 0.315 e. The zero-order valence-electron chi connectivity index (χ0n) is 12.9. The Morgan fingerprint density at radius 2 is 2.00 bits per heavy atom. The predicted molar refractivity (Wildman–Crippen MR) is 81.1 cm³/mol. The van der Waals surface area contributed by atoms with Crippen LogP contribution in [0.4, 0.5) is 0 Å². The molecule has 1 N–H and O–H groups in total. The molecule has 2 nitrogen and oxygen atoms in total. The Morgan fingerprint density at radius 3 is 2.72 bits per heavy atom. The lowest BCUT2D eigenvalue weighted by molar-refractivity contribution is 0.271. The molecule has 2 unspecified atom stereocenters. The van der Waals surface area contributed by atoms with Crippen LogP contribution in [0.15, 0.2) is 0 Å². The van der Waals surface area contributed by atoms with E-state index in [9.17, 15) is 0 Å². The van der Waals surface area contributed by atoms with Crippen LogP contribution in [0.1, 0.15) is 65.7 Å². The van der Waals surface area contributed by atoms with E-state index in [0.717, 1.165) is 12.5 Å². The number of rotatable bonds is 8. The van der Waals surface area contributed by atoms with Gasteiger partial charge >= 0.3 is 0 Å². The lowest BCUT2D eigenvalue weighted by Crippen LogP contribution is -2.27. The monoisotopic (exact) mass is 254 g/mol. The van der Waals surface area contributed by atoms with Gasteiger partial charge in [0.1, 0.15) is 0 Å². The van der Waals surface area contributed by atoms with Crippen molar-refractivity contribution in [3.8, 4) is 0 Å². The van der Waals surface area contributed by atoms with Gasteiger partial charge in [-0.05, 0) is 71.1 Å². The van der Waals surface area contributed by atoms with E-state index in [4.69, 9.17) is 0 Å². The molecule has 1 saturated heterocycles. The minimum atomic E-state index is 0.698. The molecule has 2 atom stereocenters. The summed E-state index contributed by atoms with van der Waals surface area (Å²) in [5.41, 5.74) is 0. The SMILES string of the molecule is CCNC(C)CCCCN1CCCC(CC)CC1. The number of unbranched alkanes of at least 4 members (excludes halogenated alkanes) is 1. The number of nitrogens with zero attached hydrogens (tertiary/aromatic N) is 1. The van der Waals surface area contributed by atoms with Gasteiger partial charge in [0.2, 0.25) is 0 Å². The Morgan fingerprint density at radius 1 is 1.17 bits per heavy atom. The molecular weight excluding hydrogens is 220 g/mol. The molecule has 0 aliphatic carbocycles. The van der Waals surface area contributed by atoms with Crippen LogP contribution in [0.5, 0.6) is 0 Å². The van der Waals surface area contributed by atoms with E-state index in [1.54, 1.807) is 0 Å². The molecule has 0 saturated carbocycles. The van der Waals surface area contributed by atoms with Crippen molar-refractivity contribution in [3.05, 3.63) is 0 Å². The molecule has 2 heteroatoms. The summed E-state index contributed by atoms with van der Waals surface area (Å²) >= 11 is 0. The summed E-state index contributed by atoms with van der Waals surface area (Å²) in [4.78, 5) is 2.70. The van der Waals surface area contributed by atoms with Crippen molar-refractivity contribution >= 4 is 0 Å². The molecule has 0 spiro atoms. The number of nitrogens with one attached hydrogen (secondary N) is 1. The van der Waals surface area contributed by atoms with Gasteiger partial charge in [-0.2, -0.15) is 0 Å². The summed E-state index contributed by atoms with van der Waals surface area (Å²) in [5.74, 6) is 1.00. The Kier molecular flexibility index (Phi) is 8.70. The quantitative estimate of drug-likeness (QED) is 0.665. The highest BCUT2D eigenvalue weighted by atomic mass is 15.1. The van der Waals surface area contributed by atoms with Crippen LogP contribution in [0.2, 0.25) is 0 Å². The highest BCUT2D eigenvalue weighted by Crippen LogP contribution is 2.20. The molecule has 1 aliphatic heterocycles. The average molecular weight is 254 g/mol. The Labute approximate surface area is 115 Å². The van der Waals surface area contributed by atoms with Crippen molar-refractivity contribution in [3.63, 3.8) is 0 Å². The molecule has 18 heavy (non-hydrogen) atoms. The van der Waals surface area contributed by atoms with Gasteiger partial charge in [0, 0.05) is 6.04 Å². The topological polar surface area (TPSA) is 15.3 Å². The molecule has 0 aromatic heterocycles. The number of hydrogen-bond donors (Lipinski definition) is 1. The van der Waals surface area contributed by atoms with Crippen molar-refractivity contribution in [2.45, 2.75) is 71.8 Å². The van der Waals surface area contributed by atoms with Crippen LogP contribution in [0.3, 0.4) is 0 Å².